The summed E-state index contributed by atoms with van der Waals surface area (Å²) in [5.74, 6) is -0.711. The minimum Gasteiger partial charge on any atom is -0.497 e. The molecule has 0 spiro atoms. The molecule has 0 aliphatic carbocycles. The first-order chi connectivity index (χ1) is 10.0. The number of nitrogen functional groups attached to an aromatic ring is 1. The van der Waals surface area contributed by atoms with Crippen LogP contribution in [0.3, 0.4) is 0 Å². The topological polar surface area (TPSA) is 61.5 Å². The molecule has 6 heteroatoms. The van der Waals surface area contributed by atoms with Crippen LogP contribution >= 0.6 is 11.6 Å². The van der Waals surface area contributed by atoms with Gasteiger partial charge in [0, 0.05) is 11.6 Å². The zero-order valence-electron chi connectivity index (χ0n) is 11.2. The second-order valence-corrected chi connectivity index (χ2v) is 4.68. The molecule has 0 atom stereocenters. The Bertz CT molecular complexity index is 676. The smallest absolute Gasteiger partial charge is 0.338 e. The molecule has 0 heterocycles. The number of halogens is 2. The van der Waals surface area contributed by atoms with E-state index in [-0.39, 0.29) is 22.8 Å². The molecule has 0 bridgehead atoms. The number of esters is 1. The molecule has 2 aromatic rings. The van der Waals surface area contributed by atoms with E-state index in [0.29, 0.717) is 11.4 Å². The van der Waals surface area contributed by atoms with Crippen molar-refractivity contribution in [3.8, 4) is 5.75 Å². The van der Waals surface area contributed by atoms with Gasteiger partial charge in [0.1, 0.15) is 18.2 Å². The van der Waals surface area contributed by atoms with Gasteiger partial charge in [-0.15, -0.1) is 0 Å². The molecule has 110 valence electrons. The van der Waals surface area contributed by atoms with Crippen LogP contribution in [0.4, 0.5) is 10.1 Å². The normalized spacial score (nSPS) is 10.2. The number of anilines is 1. The molecule has 2 N–H and O–H groups in total. The van der Waals surface area contributed by atoms with Crippen molar-refractivity contribution in [2.24, 2.45) is 0 Å². The summed E-state index contributed by atoms with van der Waals surface area (Å²) in [5.41, 5.74) is 6.43. The van der Waals surface area contributed by atoms with Crippen molar-refractivity contribution < 1.29 is 18.7 Å². The maximum absolute atomic E-state index is 13.7. The molecule has 0 aromatic heterocycles. The number of ether oxygens (including phenoxy) is 2. The van der Waals surface area contributed by atoms with E-state index in [0.717, 1.165) is 0 Å². The van der Waals surface area contributed by atoms with Crippen LogP contribution < -0.4 is 10.5 Å². The Morgan fingerprint density at radius 2 is 2.05 bits per heavy atom. The third-order valence-corrected chi connectivity index (χ3v) is 3.18. The molecule has 4 nitrogen and oxygen atoms in total. The Hall–Kier alpha value is -2.27. The second kappa shape index (κ2) is 6.45. The van der Waals surface area contributed by atoms with E-state index < -0.39 is 11.8 Å². The molecule has 0 fully saturated rings. The Labute approximate surface area is 126 Å². The molecule has 0 aliphatic rings. The third-order valence-electron chi connectivity index (χ3n) is 2.86. The molecule has 21 heavy (non-hydrogen) atoms. The predicted octanol–water partition coefficient (Wildman–Crippen LogP) is 3.43. The van der Waals surface area contributed by atoms with E-state index in [1.165, 1.54) is 37.4 Å². The van der Waals surface area contributed by atoms with E-state index in [1.54, 1.807) is 6.07 Å². The Morgan fingerprint density at radius 1 is 1.29 bits per heavy atom. The van der Waals surface area contributed by atoms with Crippen molar-refractivity contribution in [2.75, 3.05) is 12.8 Å². The van der Waals surface area contributed by atoms with Crippen molar-refractivity contribution in [3.05, 3.63) is 58.4 Å². The largest absolute Gasteiger partial charge is 0.497 e. The summed E-state index contributed by atoms with van der Waals surface area (Å²) in [5, 5.41) is 0.264. The summed E-state index contributed by atoms with van der Waals surface area (Å²) in [6, 6.07) is 8.72. The van der Waals surface area contributed by atoms with Gasteiger partial charge in [-0.2, -0.15) is 0 Å². The average Bonchev–Trinajstić information content (AvgIpc) is 2.48. The van der Waals surface area contributed by atoms with E-state index >= 15 is 0 Å². The summed E-state index contributed by atoms with van der Waals surface area (Å²) in [7, 11) is 1.44. The van der Waals surface area contributed by atoms with Crippen molar-refractivity contribution in [1.29, 1.82) is 0 Å². The number of hydrogen-bond donors (Lipinski definition) is 1. The fourth-order valence-electron chi connectivity index (χ4n) is 1.65. The van der Waals surface area contributed by atoms with Crippen LogP contribution in [0.5, 0.6) is 5.75 Å². The maximum atomic E-state index is 13.7. The Balaban J connectivity index is 2.05. The van der Waals surface area contributed by atoms with Gasteiger partial charge in [0.05, 0.1) is 23.4 Å². The number of rotatable bonds is 4. The summed E-state index contributed by atoms with van der Waals surface area (Å²) in [4.78, 5) is 11.8. The molecule has 2 aromatic carbocycles. The maximum Gasteiger partial charge on any atom is 0.338 e. The fourth-order valence-corrected chi connectivity index (χ4v) is 1.83. The van der Waals surface area contributed by atoms with Crippen LogP contribution in [0.15, 0.2) is 36.4 Å². The molecule has 0 aliphatic heterocycles. The molecule has 2 rings (SSSR count). The van der Waals surface area contributed by atoms with E-state index in [1.807, 2.05) is 0 Å². The molecular formula is C15H13ClFNO3. The van der Waals surface area contributed by atoms with Crippen LogP contribution in [0.25, 0.3) is 0 Å². The van der Waals surface area contributed by atoms with Crippen LogP contribution in [-0.4, -0.2) is 13.1 Å². The van der Waals surface area contributed by atoms with E-state index in [9.17, 15) is 9.18 Å². The van der Waals surface area contributed by atoms with Gasteiger partial charge in [-0.1, -0.05) is 11.6 Å². The first-order valence-electron chi connectivity index (χ1n) is 6.06. The standard InChI is InChI=1S/C15H13ClFNO3/c1-20-11-4-2-10(13(17)7-11)8-21-15(19)9-3-5-14(18)12(16)6-9/h2-7H,8,18H2,1H3. The fraction of sp³-hybridized carbons (Fsp3) is 0.133. The van der Waals surface area contributed by atoms with Crippen LogP contribution in [0.2, 0.25) is 5.02 Å². The molecule has 0 radical (unpaired) electrons. The van der Waals surface area contributed by atoms with Crippen molar-refractivity contribution >= 4 is 23.3 Å². The Kier molecular flexibility index (Phi) is 4.65. The lowest BCUT2D eigenvalue weighted by Crippen LogP contribution is -2.06. The molecule has 0 saturated carbocycles. The van der Waals surface area contributed by atoms with E-state index in [2.05, 4.69) is 0 Å². The van der Waals surface area contributed by atoms with Crippen molar-refractivity contribution in [3.63, 3.8) is 0 Å². The average molecular weight is 310 g/mol. The van der Waals surface area contributed by atoms with Crippen molar-refractivity contribution in [2.45, 2.75) is 6.61 Å². The Morgan fingerprint density at radius 3 is 2.67 bits per heavy atom. The zero-order valence-corrected chi connectivity index (χ0v) is 12.0. The minimum absolute atomic E-state index is 0.184. The summed E-state index contributed by atoms with van der Waals surface area (Å²) in [6.45, 7) is -0.184. The van der Waals surface area contributed by atoms with Gasteiger partial charge in [-0.05, 0) is 30.3 Å². The van der Waals surface area contributed by atoms with Gasteiger partial charge in [-0.3, -0.25) is 0 Å². The summed E-state index contributed by atoms with van der Waals surface area (Å²) in [6.07, 6.45) is 0. The number of methoxy groups -OCH3 is 1. The first kappa shape index (κ1) is 15.1. The van der Waals surface area contributed by atoms with Gasteiger partial charge in [0.25, 0.3) is 0 Å². The lowest BCUT2D eigenvalue weighted by atomic mass is 10.2. The molecule has 0 saturated heterocycles. The SMILES string of the molecule is COc1ccc(COC(=O)c2ccc(N)c(Cl)c2)c(F)c1. The van der Waals surface area contributed by atoms with Crippen LogP contribution in [0.1, 0.15) is 15.9 Å². The second-order valence-electron chi connectivity index (χ2n) is 4.27. The molecule has 0 unspecified atom stereocenters. The third kappa shape index (κ3) is 3.64. The quantitative estimate of drug-likeness (QED) is 0.694. The van der Waals surface area contributed by atoms with Crippen molar-refractivity contribution in [1.82, 2.24) is 0 Å². The lowest BCUT2D eigenvalue weighted by Gasteiger charge is -2.08. The first-order valence-corrected chi connectivity index (χ1v) is 6.43. The van der Waals surface area contributed by atoms with Gasteiger partial charge >= 0.3 is 5.97 Å². The highest BCUT2D eigenvalue weighted by Crippen LogP contribution is 2.21. The van der Waals surface area contributed by atoms with Crippen LogP contribution in [-0.2, 0) is 11.3 Å². The number of hydrogen-bond acceptors (Lipinski definition) is 4. The predicted molar refractivity (Wildman–Crippen MR) is 77.9 cm³/mol. The number of carbonyl (C=O) groups is 1. The number of carbonyl (C=O) groups excluding carboxylic acids is 1. The minimum atomic E-state index is -0.605. The van der Waals surface area contributed by atoms with E-state index in [4.69, 9.17) is 26.8 Å². The lowest BCUT2D eigenvalue weighted by molar-refractivity contribution is 0.0469. The summed E-state index contributed by atoms with van der Waals surface area (Å²) >= 11 is 5.83. The highest BCUT2D eigenvalue weighted by atomic mass is 35.5. The van der Waals surface area contributed by atoms with Gasteiger partial charge in [-0.25, -0.2) is 9.18 Å². The highest BCUT2D eigenvalue weighted by molar-refractivity contribution is 6.33. The molecular weight excluding hydrogens is 297 g/mol. The molecule has 0 amide bonds. The van der Waals surface area contributed by atoms with Crippen LogP contribution in [0, 0.1) is 5.82 Å². The highest BCUT2D eigenvalue weighted by Gasteiger charge is 2.11. The number of nitrogens with two attached hydrogens (primary N) is 1. The van der Waals surface area contributed by atoms with Gasteiger partial charge < -0.3 is 15.2 Å². The van der Waals surface area contributed by atoms with Gasteiger partial charge in [0.2, 0.25) is 0 Å². The monoisotopic (exact) mass is 309 g/mol. The number of benzene rings is 2. The van der Waals surface area contributed by atoms with Gasteiger partial charge in [0.15, 0.2) is 0 Å². The zero-order chi connectivity index (χ0) is 15.4. The summed E-state index contributed by atoms with van der Waals surface area (Å²) < 4.78 is 23.6.